The molecule has 9 heteroatoms. The second-order valence-corrected chi connectivity index (χ2v) is 8.20. The molecule has 0 bridgehead atoms. The van der Waals surface area contributed by atoms with Gasteiger partial charge in [0, 0.05) is 17.8 Å². The summed E-state index contributed by atoms with van der Waals surface area (Å²) in [6.45, 7) is 5.97. The third kappa shape index (κ3) is 3.24. The number of carbonyl (C=O) groups is 3. The highest BCUT2D eigenvalue weighted by molar-refractivity contribution is 7.17. The molecule has 2 aromatic rings. The van der Waals surface area contributed by atoms with E-state index in [0.29, 0.717) is 13.1 Å². The van der Waals surface area contributed by atoms with Crippen molar-refractivity contribution in [2.75, 3.05) is 13.2 Å². The molecule has 4 rings (SSSR count). The first-order chi connectivity index (χ1) is 13.9. The monoisotopic (exact) mass is 416 g/mol. The van der Waals surface area contributed by atoms with E-state index in [-0.39, 0.29) is 18.4 Å². The largest absolute Gasteiger partial charge is 0.343 e. The summed E-state index contributed by atoms with van der Waals surface area (Å²) in [6, 6.07) is 6.56. The number of benzene rings is 1. The summed E-state index contributed by atoms with van der Waals surface area (Å²) in [7, 11) is 0. The first kappa shape index (κ1) is 19.7. The van der Waals surface area contributed by atoms with Crippen molar-refractivity contribution in [3.8, 4) is 0 Å². The first-order valence-corrected chi connectivity index (χ1v) is 10.6. The lowest BCUT2D eigenvalue weighted by molar-refractivity contribution is -0.244. The molecule has 2 aliphatic rings. The zero-order valence-corrected chi connectivity index (χ0v) is 17.4. The van der Waals surface area contributed by atoms with Gasteiger partial charge in [-0.3, -0.25) is 14.4 Å². The molecule has 0 spiro atoms. The summed E-state index contributed by atoms with van der Waals surface area (Å²) in [5.41, 5.74) is 1.05. The van der Waals surface area contributed by atoms with Crippen molar-refractivity contribution in [3.63, 3.8) is 0 Å². The molecule has 3 heterocycles. The van der Waals surface area contributed by atoms with Crippen molar-refractivity contribution in [2.24, 2.45) is 0 Å². The van der Waals surface area contributed by atoms with Gasteiger partial charge in [0.1, 0.15) is 6.04 Å². The predicted octanol–water partition coefficient (Wildman–Crippen LogP) is 2.15. The highest BCUT2D eigenvalue weighted by Gasteiger charge is 2.52. The van der Waals surface area contributed by atoms with Crippen molar-refractivity contribution in [2.45, 2.75) is 45.6 Å². The summed E-state index contributed by atoms with van der Waals surface area (Å²) >= 11 is 1.64. The van der Waals surface area contributed by atoms with Crippen LogP contribution in [0.4, 0.5) is 4.79 Å². The summed E-state index contributed by atoms with van der Waals surface area (Å²) in [4.78, 5) is 46.9. The Hall–Kier alpha value is -2.65. The Morgan fingerprint density at radius 1 is 1.28 bits per heavy atom. The fraction of sp³-hybridized carbons (Fsp3) is 0.450. The van der Waals surface area contributed by atoms with Gasteiger partial charge in [0.05, 0.1) is 6.04 Å². The number of amides is 4. The molecular weight excluding hydrogens is 392 g/mol. The van der Waals surface area contributed by atoms with E-state index in [1.807, 2.05) is 32.0 Å². The van der Waals surface area contributed by atoms with Gasteiger partial charge in [-0.05, 0) is 43.2 Å². The van der Waals surface area contributed by atoms with Gasteiger partial charge in [-0.1, -0.05) is 18.2 Å². The van der Waals surface area contributed by atoms with Crippen LogP contribution in [0.15, 0.2) is 29.6 Å². The molecule has 4 amide bonds. The lowest BCUT2D eigenvalue weighted by Crippen LogP contribution is -2.74. The Kier molecular flexibility index (Phi) is 5.18. The number of hydrogen-bond acceptors (Lipinski definition) is 5. The zero-order chi connectivity index (χ0) is 20.7. The molecule has 0 unspecified atom stereocenters. The van der Waals surface area contributed by atoms with Crippen molar-refractivity contribution in [1.82, 2.24) is 20.2 Å². The number of urea groups is 1. The average molecular weight is 417 g/mol. The standard InChI is InChI=1S/C20H24N4O4S/c1-4-21-20(27)24-18-12(2)22(19(26)13(3)23(18)17(25)10-28-24)9-14-11-29-16-8-6-5-7-15(14)16/h5-8,11-13,18H,4,9-10H2,1-3H3,(H,21,27)/t12-,13-,18-/m0/s1. The number of fused-ring (bicyclic) bond motifs is 2. The van der Waals surface area contributed by atoms with Gasteiger partial charge in [0.15, 0.2) is 12.8 Å². The molecule has 1 N–H and O–H groups in total. The van der Waals surface area contributed by atoms with Gasteiger partial charge in [-0.15, -0.1) is 11.3 Å². The van der Waals surface area contributed by atoms with E-state index in [9.17, 15) is 14.4 Å². The molecule has 2 aliphatic heterocycles. The quantitative estimate of drug-likeness (QED) is 0.831. The molecule has 0 radical (unpaired) electrons. The zero-order valence-electron chi connectivity index (χ0n) is 16.6. The van der Waals surface area contributed by atoms with Crippen molar-refractivity contribution >= 4 is 39.3 Å². The Bertz CT molecular complexity index is 961. The number of nitrogens with zero attached hydrogens (tertiary/aromatic N) is 3. The number of thiophene rings is 1. The second-order valence-electron chi connectivity index (χ2n) is 7.29. The summed E-state index contributed by atoms with van der Waals surface area (Å²) in [6.07, 6.45) is -0.680. The minimum atomic E-state index is -0.680. The van der Waals surface area contributed by atoms with Crippen LogP contribution >= 0.6 is 11.3 Å². The van der Waals surface area contributed by atoms with Crippen LogP contribution in [0, 0.1) is 0 Å². The molecule has 0 saturated carbocycles. The van der Waals surface area contributed by atoms with E-state index in [4.69, 9.17) is 4.84 Å². The van der Waals surface area contributed by atoms with Crippen molar-refractivity contribution in [1.29, 1.82) is 0 Å². The van der Waals surface area contributed by atoms with Crippen LogP contribution in [-0.4, -0.2) is 64.1 Å². The molecule has 1 aromatic carbocycles. The fourth-order valence-corrected chi connectivity index (χ4v) is 5.05. The van der Waals surface area contributed by atoms with Crippen LogP contribution in [0.5, 0.6) is 0 Å². The maximum atomic E-state index is 13.2. The third-order valence-corrected chi connectivity index (χ3v) is 6.56. The maximum Gasteiger partial charge on any atom is 0.343 e. The smallest absolute Gasteiger partial charge is 0.336 e. The fourth-order valence-electron chi connectivity index (χ4n) is 4.10. The lowest BCUT2D eigenvalue weighted by Gasteiger charge is -2.53. The first-order valence-electron chi connectivity index (χ1n) is 9.70. The van der Waals surface area contributed by atoms with Crippen LogP contribution in [0.2, 0.25) is 0 Å². The second kappa shape index (κ2) is 7.64. The number of hydroxylamine groups is 2. The van der Waals surface area contributed by atoms with E-state index < -0.39 is 24.3 Å². The van der Waals surface area contributed by atoms with Crippen molar-refractivity contribution < 1.29 is 19.2 Å². The average Bonchev–Trinajstić information content (AvgIpc) is 3.12. The van der Waals surface area contributed by atoms with Gasteiger partial charge in [-0.25, -0.2) is 4.79 Å². The van der Waals surface area contributed by atoms with Gasteiger partial charge in [0.25, 0.3) is 5.91 Å². The summed E-state index contributed by atoms with van der Waals surface area (Å²) in [5.74, 6) is -0.418. The van der Waals surface area contributed by atoms with Gasteiger partial charge >= 0.3 is 6.03 Å². The van der Waals surface area contributed by atoms with Gasteiger partial charge in [0.2, 0.25) is 5.91 Å². The van der Waals surface area contributed by atoms with Gasteiger partial charge in [-0.2, -0.15) is 5.06 Å². The van der Waals surface area contributed by atoms with Crippen LogP contribution in [-0.2, 0) is 21.0 Å². The molecule has 2 saturated heterocycles. The van der Waals surface area contributed by atoms with E-state index in [1.54, 1.807) is 23.2 Å². The van der Waals surface area contributed by atoms with Crippen LogP contribution < -0.4 is 5.32 Å². The van der Waals surface area contributed by atoms with Crippen molar-refractivity contribution in [3.05, 3.63) is 35.2 Å². The topological polar surface area (TPSA) is 82.2 Å². The van der Waals surface area contributed by atoms with Crippen LogP contribution in [0.1, 0.15) is 26.3 Å². The molecule has 154 valence electrons. The molecular formula is C20H24N4O4S. The number of rotatable bonds is 3. The Morgan fingerprint density at radius 2 is 2.03 bits per heavy atom. The SMILES string of the molecule is CCNC(=O)N1OCC(=O)N2[C@@H]1[C@H](C)N(Cc1csc3ccccc13)C(=O)[C@@H]2C. The normalized spacial score (nSPS) is 24.8. The number of nitrogens with one attached hydrogen (secondary N) is 1. The highest BCUT2D eigenvalue weighted by Crippen LogP contribution is 2.33. The van der Waals surface area contributed by atoms with E-state index in [0.717, 1.165) is 15.6 Å². The number of hydrogen-bond donors (Lipinski definition) is 1. The molecule has 8 nitrogen and oxygen atoms in total. The van der Waals surface area contributed by atoms with Crippen LogP contribution in [0.3, 0.4) is 0 Å². The van der Waals surface area contributed by atoms with E-state index in [2.05, 4.69) is 16.8 Å². The molecule has 3 atom stereocenters. The number of piperazine rings is 1. The Balaban J connectivity index is 1.68. The lowest BCUT2D eigenvalue weighted by atomic mass is 10.0. The molecule has 29 heavy (non-hydrogen) atoms. The molecule has 2 fully saturated rings. The highest BCUT2D eigenvalue weighted by atomic mass is 32.1. The molecule has 0 aliphatic carbocycles. The summed E-state index contributed by atoms with van der Waals surface area (Å²) < 4.78 is 1.16. The molecule has 1 aromatic heterocycles. The minimum absolute atomic E-state index is 0.130. The Morgan fingerprint density at radius 3 is 2.79 bits per heavy atom. The number of carbonyl (C=O) groups excluding carboxylic acids is 3. The van der Waals surface area contributed by atoms with E-state index in [1.165, 1.54) is 9.96 Å². The van der Waals surface area contributed by atoms with Gasteiger partial charge < -0.3 is 15.1 Å². The maximum absolute atomic E-state index is 13.2. The predicted molar refractivity (Wildman–Crippen MR) is 109 cm³/mol. The minimum Gasteiger partial charge on any atom is -0.336 e. The Labute approximate surface area is 173 Å². The van der Waals surface area contributed by atoms with Crippen LogP contribution in [0.25, 0.3) is 10.1 Å². The third-order valence-electron chi connectivity index (χ3n) is 5.55. The summed E-state index contributed by atoms with van der Waals surface area (Å²) in [5, 5.41) is 7.10. The van der Waals surface area contributed by atoms with E-state index >= 15 is 0 Å².